The number of hydrogen-bond acceptors (Lipinski definition) is 2. The fraction of sp³-hybridized carbons (Fsp3) is 1.00. The number of sulfone groups is 1. The molecular weight excluding hydrogens is 160 g/mol. The molecule has 0 aromatic heterocycles. The Labute approximate surface area is 69.9 Å². The van der Waals surface area contributed by atoms with Crippen LogP contribution in [0.2, 0.25) is 0 Å². The molecule has 0 fully saturated rings. The van der Waals surface area contributed by atoms with E-state index in [9.17, 15) is 8.42 Å². The molecule has 2 nitrogen and oxygen atoms in total. The normalized spacial score (nSPS) is 17.8. The van der Waals surface area contributed by atoms with Gasteiger partial charge in [0.1, 0.15) is 0 Å². The summed E-state index contributed by atoms with van der Waals surface area (Å²) in [7, 11) is -2.81. The average molecular weight is 178 g/mol. The van der Waals surface area contributed by atoms with Gasteiger partial charge in [-0.05, 0) is 12.8 Å². The summed E-state index contributed by atoms with van der Waals surface area (Å²) in [5, 5.41) is -0.183. The van der Waals surface area contributed by atoms with Gasteiger partial charge >= 0.3 is 0 Å². The summed E-state index contributed by atoms with van der Waals surface area (Å²) in [6.45, 7) is 7.51. The van der Waals surface area contributed by atoms with E-state index in [0.29, 0.717) is 0 Å². The van der Waals surface area contributed by atoms with Crippen LogP contribution in [0.1, 0.15) is 34.1 Å². The van der Waals surface area contributed by atoms with E-state index in [0.717, 1.165) is 6.42 Å². The van der Waals surface area contributed by atoms with Gasteiger partial charge in [0.2, 0.25) is 0 Å². The highest BCUT2D eigenvalue weighted by Gasteiger charge is 2.22. The van der Waals surface area contributed by atoms with Crippen LogP contribution in [-0.4, -0.2) is 19.4 Å². The summed E-state index contributed by atoms with van der Waals surface area (Å²) in [6.07, 6.45) is 0.931. The molecule has 0 N–H and O–H groups in total. The molecule has 2 unspecified atom stereocenters. The lowest BCUT2D eigenvalue weighted by Gasteiger charge is -2.17. The van der Waals surface area contributed by atoms with Crippen LogP contribution in [0, 0.1) is 5.92 Å². The molecule has 0 heterocycles. The lowest BCUT2D eigenvalue weighted by molar-refractivity contribution is 0.510. The Kier molecular flexibility index (Phi) is 4.08. The lowest BCUT2D eigenvalue weighted by atomic mass is 10.1. The zero-order chi connectivity index (χ0) is 9.07. The standard InChI is InChI=1S/C8H18O2S/c1-5-7(3)8(4)11(9,10)6-2/h7-8H,5-6H2,1-4H3. The van der Waals surface area contributed by atoms with Crippen molar-refractivity contribution in [2.75, 3.05) is 5.75 Å². The zero-order valence-corrected chi connectivity index (χ0v) is 8.61. The second kappa shape index (κ2) is 4.10. The maximum Gasteiger partial charge on any atom is 0.152 e. The molecule has 0 aliphatic carbocycles. The fourth-order valence-corrected chi connectivity index (χ4v) is 2.37. The lowest BCUT2D eigenvalue weighted by Crippen LogP contribution is -2.26. The molecule has 0 rings (SSSR count). The maximum atomic E-state index is 11.3. The van der Waals surface area contributed by atoms with Crippen LogP contribution >= 0.6 is 0 Å². The Balaban J connectivity index is 4.36. The predicted octanol–water partition coefficient (Wildman–Crippen LogP) is 1.86. The van der Waals surface area contributed by atoms with E-state index in [2.05, 4.69) is 0 Å². The van der Waals surface area contributed by atoms with Gasteiger partial charge in [-0.1, -0.05) is 27.2 Å². The van der Waals surface area contributed by atoms with Gasteiger partial charge in [-0.25, -0.2) is 8.42 Å². The van der Waals surface area contributed by atoms with Crippen molar-refractivity contribution < 1.29 is 8.42 Å². The van der Waals surface area contributed by atoms with E-state index in [1.54, 1.807) is 13.8 Å². The molecule has 68 valence electrons. The summed E-state index contributed by atoms with van der Waals surface area (Å²) in [5.41, 5.74) is 0. The highest BCUT2D eigenvalue weighted by molar-refractivity contribution is 7.91. The minimum absolute atomic E-state index is 0.183. The van der Waals surface area contributed by atoms with Crippen LogP contribution in [0.5, 0.6) is 0 Å². The van der Waals surface area contributed by atoms with Crippen molar-refractivity contribution in [2.45, 2.75) is 39.4 Å². The van der Waals surface area contributed by atoms with E-state index in [1.807, 2.05) is 13.8 Å². The van der Waals surface area contributed by atoms with E-state index in [-0.39, 0.29) is 16.9 Å². The largest absolute Gasteiger partial charge is 0.229 e. The minimum Gasteiger partial charge on any atom is -0.229 e. The van der Waals surface area contributed by atoms with E-state index < -0.39 is 9.84 Å². The Morgan fingerprint density at radius 2 is 1.64 bits per heavy atom. The summed E-state index contributed by atoms with van der Waals surface area (Å²) in [5.74, 6) is 0.540. The molecular formula is C8H18O2S. The second-order valence-electron chi connectivity index (χ2n) is 3.04. The zero-order valence-electron chi connectivity index (χ0n) is 7.79. The van der Waals surface area contributed by atoms with Gasteiger partial charge in [-0.15, -0.1) is 0 Å². The van der Waals surface area contributed by atoms with Crippen LogP contribution in [0.3, 0.4) is 0 Å². The van der Waals surface area contributed by atoms with Crippen molar-refractivity contribution in [2.24, 2.45) is 5.92 Å². The first kappa shape index (κ1) is 11.0. The topological polar surface area (TPSA) is 34.1 Å². The van der Waals surface area contributed by atoms with Crippen LogP contribution in [-0.2, 0) is 9.84 Å². The molecule has 0 radical (unpaired) electrons. The third-order valence-corrected chi connectivity index (χ3v) is 4.82. The van der Waals surface area contributed by atoms with Gasteiger partial charge in [-0.2, -0.15) is 0 Å². The third kappa shape index (κ3) is 2.81. The molecule has 0 saturated heterocycles. The Bertz CT molecular complexity index is 194. The van der Waals surface area contributed by atoms with E-state index >= 15 is 0 Å². The molecule has 0 saturated carbocycles. The molecule has 0 amide bonds. The maximum absolute atomic E-state index is 11.3. The first-order valence-electron chi connectivity index (χ1n) is 4.17. The van der Waals surface area contributed by atoms with Crippen molar-refractivity contribution in [3.05, 3.63) is 0 Å². The van der Waals surface area contributed by atoms with Gasteiger partial charge in [0.05, 0.1) is 5.25 Å². The fourth-order valence-electron chi connectivity index (χ4n) is 0.949. The average Bonchev–Trinajstić information content (AvgIpc) is 2.01. The summed E-state index contributed by atoms with van der Waals surface area (Å²) < 4.78 is 22.6. The molecule has 3 heteroatoms. The Hall–Kier alpha value is -0.0500. The van der Waals surface area contributed by atoms with Crippen molar-refractivity contribution >= 4 is 9.84 Å². The van der Waals surface area contributed by atoms with Crippen LogP contribution in [0.4, 0.5) is 0 Å². The molecule has 2 atom stereocenters. The second-order valence-corrected chi connectivity index (χ2v) is 5.69. The molecule has 0 spiro atoms. The smallest absolute Gasteiger partial charge is 0.152 e. The predicted molar refractivity (Wildman–Crippen MR) is 48.4 cm³/mol. The summed E-state index contributed by atoms with van der Waals surface area (Å²) in [6, 6.07) is 0. The Morgan fingerprint density at radius 3 is 1.91 bits per heavy atom. The van der Waals surface area contributed by atoms with Crippen LogP contribution < -0.4 is 0 Å². The van der Waals surface area contributed by atoms with Crippen molar-refractivity contribution in [1.29, 1.82) is 0 Å². The third-order valence-electron chi connectivity index (χ3n) is 2.41. The molecule has 0 aromatic carbocycles. The number of hydrogen-bond donors (Lipinski definition) is 0. The first-order chi connectivity index (χ1) is 4.95. The van der Waals surface area contributed by atoms with E-state index in [1.165, 1.54) is 0 Å². The van der Waals surface area contributed by atoms with Gasteiger partial charge in [-0.3, -0.25) is 0 Å². The summed E-state index contributed by atoms with van der Waals surface area (Å²) >= 11 is 0. The van der Waals surface area contributed by atoms with Crippen molar-refractivity contribution in [1.82, 2.24) is 0 Å². The quantitative estimate of drug-likeness (QED) is 0.658. The molecule has 0 aliphatic heterocycles. The SMILES string of the molecule is CCC(C)C(C)S(=O)(=O)CC. The minimum atomic E-state index is -2.81. The van der Waals surface area contributed by atoms with E-state index in [4.69, 9.17) is 0 Å². The van der Waals surface area contributed by atoms with Gasteiger partial charge < -0.3 is 0 Å². The highest BCUT2D eigenvalue weighted by atomic mass is 32.2. The first-order valence-corrected chi connectivity index (χ1v) is 5.88. The summed E-state index contributed by atoms with van der Waals surface area (Å²) in [4.78, 5) is 0. The van der Waals surface area contributed by atoms with Gasteiger partial charge in [0, 0.05) is 5.75 Å². The van der Waals surface area contributed by atoms with Crippen molar-refractivity contribution in [3.63, 3.8) is 0 Å². The van der Waals surface area contributed by atoms with Gasteiger partial charge in [0.15, 0.2) is 9.84 Å². The monoisotopic (exact) mass is 178 g/mol. The molecule has 0 bridgehead atoms. The molecule has 11 heavy (non-hydrogen) atoms. The number of rotatable bonds is 4. The molecule has 0 aromatic rings. The highest BCUT2D eigenvalue weighted by Crippen LogP contribution is 2.15. The van der Waals surface area contributed by atoms with Crippen molar-refractivity contribution in [3.8, 4) is 0 Å². The van der Waals surface area contributed by atoms with Crippen LogP contribution in [0.25, 0.3) is 0 Å². The van der Waals surface area contributed by atoms with Gasteiger partial charge in [0.25, 0.3) is 0 Å². The Morgan fingerprint density at radius 1 is 1.18 bits per heavy atom. The van der Waals surface area contributed by atoms with Crippen LogP contribution in [0.15, 0.2) is 0 Å². The molecule has 0 aliphatic rings.